The van der Waals surface area contributed by atoms with Crippen LogP contribution in [0.2, 0.25) is 0 Å². The van der Waals surface area contributed by atoms with Gasteiger partial charge in [0.05, 0.1) is 11.3 Å². The van der Waals surface area contributed by atoms with Crippen molar-refractivity contribution in [2.24, 2.45) is 0 Å². The van der Waals surface area contributed by atoms with E-state index in [0.29, 0.717) is 11.3 Å². The minimum absolute atomic E-state index is 0.156. The molecule has 8 nitrogen and oxygen atoms in total. The summed E-state index contributed by atoms with van der Waals surface area (Å²) >= 11 is 0. The number of hydrogen-bond acceptors (Lipinski definition) is 6. The van der Waals surface area contributed by atoms with Crippen molar-refractivity contribution in [3.8, 4) is 17.0 Å². The lowest BCUT2D eigenvalue weighted by Crippen LogP contribution is -2.53. The van der Waals surface area contributed by atoms with Gasteiger partial charge in [0.25, 0.3) is 5.91 Å². The fourth-order valence-corrected chi connectivity index (χ4v) is 4.00. The lowest BCUT2D eigenvalue weighted by atomic mass is 10.1. The highest BCUT2D eigenvalue weighted by Gasteiger charge is 2.46. The van der Waals surface area contributed by atoms with Crippen molar-refractivity contribution in [2.75, 3.05) is 29.9 Å². The molecular weight excluding hydrogens is 437 g/mol. The number of aromatic nitrogens is 3. The van der Waals surface area contributed by atoms with Crippen LogP contribution in [-0.4, -0.2) is 52.6 Å². The van der Waals surface area contributed by atoms with E-state index in [-0.39, 0.29) is 11.3 Å². The molecule has 1 aliphatic carbocycles. The van der Waals surface area contributed by atoms with Gasteiger partial charge in [-0.15, -0.1) is 13.2 Å². The maximum atomic E-state index is 12.8. The van der Waals surface area contributed by atoms with Gasteiger partial charge in [0.15, 0.2) is 0 Å². The number of nitrogens with zero attached hydrogens (tertiary/aromatic N) is 3. The molecular formula is C22H21F3N6O2. The second kappa shape index (κ2) is 8.07. The van der Waals surface area contributed by atoms with Crippen LogP contribution >= 0.6 is 0 Å². The number of pyridine rings is 1. The zero-order valence-electron chi connectivity index (χ0n) is 17.4. The molecule has 1 aliphatic heterocycles. The normalized spacial score (nSPS) is 17.1. The van der Waals surface area contributed by atoms with E-state index in [1.165, 1.54) is 18.3 Å². The molecule has 3 heterocycles. The Kier molecular flexibility index (Phi) is 5.20. The Labute approximate surface area is 187 Å². The van der Waals surface area contributed by atoms with Gasteiger partial charge in [0.1, 0.15) is 11.6 Å². The van der Waals surface area contributed by atoms with Crippen LogP contribution in [0, 0.1) is 0 Å². The first-order valence-corrected chi connectivity index (χ1v) is 10.5. The van der Waals surface area contributed by atoms with Crippen LogP contribution in [0.1, 0.15) is 23.2 Å². The van der Waals surface area contributed by atoms with Crippen molar-refractivity contribution in [1.82, 2.24) is 20.5 Å². The zero-order valence-corrected chi connectivity index (χ0v) is 17.4. The number of rotatable bonds is 5. The van der Waals surface area contributed by atoms with Crippen LogP contribution in [-0.2, 0) is 0 Å². The Morgan fingerprint density at radius 1 is 1.18 bits per heavy atom. The molecule has 3 aromatic rings. The fourth-order valence-electron chi connectivity index (χ4n) is 4.00. The average molecular weight is 458 g/mol. The van der Waals surface area contributed by atoms with Crippen molar-refractivity contribution < 1.29 is 22.7 Å². The second-order valence-corrected chi connectivity index (χ2v) is 8.22. The Morgan fingerprint density at radius 2 is 1.97 bits per heavy atom. The highest BCUT2D eigenvalue weighted by atomic mass is 19.4. The summed E-state index contributed by atoms with van der Waals surface area (Å²) in [5, 5.41) is 13.2. The largest absolute Gasteiger partial charge is 0.573 e. The third-order valence-corrected chi connectivity index (χ3v) is 5.79. The molecule has 0 radical (unpaired) electrons. The van der Waals surface area contributed by atoms with Crippen LogP contribution in [0.25, 0.3) is 11.3 Å². The number of carbonyl (C=O) groups excluding carboxylic acids is 1. The van der Waals surface area contributed by atoms with E-state index in [2.05, 4.69) is 35.5 Å². The van der Waals surface area contributed by atoms with Gasteiger partial charge in [-0.05, 0) is 49.2 Å². The number of aromatic amines is 1. The minimum atomic E-state index is -4.77. The molecule has 2 aliphatic rings. The van der Waals surface area contributed by atoms with Crippen LogP contribution < -0.4 is 20.3 Å². The highest BCUT2D eigenvalue weighted by molar-refractivity contribution is 6.05. The molecule has 0 bridgehead atoms. The molecule has 3 N–H and O–H groups in total. The second-order valence-electron chi connectivity index (χ2n) is 8.22. The van der Waals surface area contributed by atoms with Crippen molar-refractivity contribution in [1.29, 1.82) is 0 Å². The zero-order chi connectivity index (χ0) is 23.1. The Bertz CT molecular complexity index is 1140. The van der Waals surface area contributed by atoms with Crippen molar-refractivity contribution in [3.05, 3.63) is 54.4 Å². The summed E-state index contributed by atoms with van der Waals surface area (Å²) in [6.07, 6.45) is 0.640. The standard InChI is InChI=1S/C22H21F3N6O2/c23-22(24,25)33-16-3-1-15(2-4-16)29-20(32)14-11-17(18-5-8-28-30-18)19(26-12-14)31-10-9-27-21(13-31)6-7-21/h1-5,8,11-12,27H,6-7,9-10,13H2,(H,28,30)(H,29,32). The summed E-state index contributed by atoms with van der Waals surface area (Å²) in [5.41, 5.74) is 2.30. The molecule has 1 spiro atoms. The maximum absolute atomic E-state index is 12.8. The van der Waals surface area contributed by atoms with Gasteiger partial charge in [0.2, 0.25) is 0 Å². The minimum Gasteiger partial charge on any atom is -0.406 e. The van der Waals surface area contributed by atoms with Crippen LogP contribution in [0.15, 0.2) is 48.8 Å². The third-order valence-electron chi connectivity index (χ3n) is 5.79. The number of H-pyrrole nitrogens is 1. The quantitative estimate of drug-likeness (QED) is 0.541. The van der Waals surface area contributed by atoms with Gasteiger partial charge in [-0.25, -0.2) is 4.98 Å². The molecule has 33 heavy (non-hydrogen) atoms. The van der Waals surface area contributed by atoms with E-state index in [9.17, 15) is 18.0 Å². The summed E-state index contributed by atoms with van der Waals surface area (Å²) in [6.45, 7) is 2.51. The molecule has 5 rings (SSSR count). The Morgan fingerprint density at radius 3 is 2.64 bits per heavy atom. The lowest BCUT2D eigenvalue weighted by molar-refractivity contribution is -0.274. The Hall–Kier alpha value is -3.60. The lowest BCUT2D eigenvalue weighted by Gasteiger charge is -2.35. The van der Waals surface area contributed by atoms with E-state index in [0.717, 1.165) is 61.7 Å². The average Bonchev–Trinajstić information content (AvgIpc) is 3.30. The molecule has 2 fully saturated rings. The summed E-state index contributed by atoms with van der Waals surface area (Å²) in [5.74, 6) is -0.0204. The number of piperazine rings is 1. The van der Waals surface area contributed by atoms with Gasteiger partial charge in [-0.2, -0.15) is 5.10 Å². The van der Waals surface area contributed by atoms with Gasteiger partial charge < -0.3 is 20.3 Å². The predicted molar refractivity (Wildman–Crippen MR) is 115 cm³/mol. The molecule has 0 unspecified atom stereocenters. The number of nitrogens with one attached hydrogen (secondary N) is 3. The van der Waals surface area contributed by atoms with E-state index in [4.69, 9.17) is 0 Å². The summed E-state index contributed by atoms with van der Waals surface area (Å²) in [6, 6.07) is 8.51. The summed E-state index contributed by atoms with van der Waals surface area (Å²) in [4.78, 5) is 19.7. The van der Waals surface area contributed by atoms with Gasteiger partial charge in [-0.3, -0.25) is 9.89 Å². The number of halogens is 3. The molecule has 11 heteroatoms. The first-order valence-electron chi connectivity index (χ1n) is 10.5. The van der Waals surface area contributed by atoms with Crippen LogP contribution in [0.3, 0.4) is 0 Å². The smallest absolute Gasteiger partial charge is 0.406 e. The van der Waals surface area contributed by atoms with Crippen LogP contribution in [0.4, 0.5) is 24.7 Å². The van der Waals surface area contributed by atoms with Crippen molar-refractivity contribution >= 4 is 17.4 Å². The number of amides is 1. The SMILES string of the molecule is O=C(Nc1ccc(OC(F)(F)F)cc1)c1cnc(N2CCNC3(CC3)C2)c(-c2ccn[nH]2)c1. The fraction of sp³-hybridized carbons (Fsp3) is 0.318. The third kappa shape index (κ3) is 4.77. The summed E-state index contributed by atoms with van der Waals surface area (Å²) < 4.78 is 40.8. The van der Waals surface area contributed by atoms with E-state index in [1.54, 1.807) is 12.3 Å². The molecule has 1 saturated carbocycles. The van der Waals surface area contributed by atoms with E-state index in [1.807, 2.05) is 6.07 Å². The Balaban J connectivity index is 1.37. The van der Waals surface area contributed by atoms with Crippen molar-refractivity contribution in [2.45, 2.75) is 24.7 Å². The first-order chi connectivity index (χ1) is 15.8. The number of anilines is 2. The molecule has 1 aromatic carbocycles. The highest BCUT2D eigenvalue weighted by Crippen LogP contribution is 2.40. The molecule has 0 atom stereocenters. The molecule has 1 saturated heterocycles. The number of hydrogen-bond donors (Lipinski definition) is 3. The van der Waals surface area contributed by atoms with Gasteiger partial charge in [-0.1, -0.05) is 0 Å². The summed E-state index contributed by atoms with van der Waals surface area (Å²) in [7, 11) is 0. The van der Waals surface area contributed by atoms with E-state index < -0.39 is 12.3 Å². The number of alkyl halides is 3. The number of benzene rings is 1. The maximum Gasteiger partial charge on any atom is 0.573 e. The van der Waals surface area contributed by atoms with Gasteiger partial charge >= 0.3 is 6.36 Å². The van der Waals surface area contributed by atoms with Crippen LogP contribution in [0.5, 0.6) is 5.75 Å². The topological polar surface area (TPSA) is 95.2 Å². The first kappa shape index (κ1) is 21.3. The molecule has 2 aromatic heterocycles. The number of ether oxygens (including phenoxy) is 1. The van der Waals surface area contributed by atoms with Gasteiger partial charge in [0, 0.05) is 48.8 Å². The molecule has 172 valence electrons. The van der Waals surface area contributed by atoms with E-state index >= 15 is 0 Å². The van der Waals surface area contributed by atoms with Crippen molar-refractivity contribution in [3.63, 3.8) is 0 Å². The number of carbonyl (C=O) groups is 1. The molecule has 1 amide bonds. The predicted octanol–water partition coefficient (Wildman–Crippen LogP) is 3.56. The monoisotopic (exact) mass is 458 g/mol.